The number of carboxylic acids is 1. The van der Waals surface area contributed by atoms with E-state index >= 15 is 0 Å². The van der Waals surface area contributed by atoms with Crippen LogP contribution >= 0.6 is 0 Å². The van der Waals surface area contributed by atoms with Crippen molar-refractivity contribution < 1.29 is 24.2 Å². The quantitative estimate of drug-likeness (QED) is 0.869. The lowest BCUT2D eigenvalue weighted by Crippen LogP contribution is -2.29. The fraction of sp³-hybridized carbons (Fsp3) is 0.467. The summed E-state index contributed by atoms with van der Waals surface area (Å²) in [6.07, 6.45) is 1.93. The summed E-state index contributed by atoms with van der Waals surface area (Å²) in [5, 5.41) is 11.9. The summed E-state index contributed by atoms with van der Waals surface area (Å²) in [7, 11) is 3.05. The molecule has 0 aromatic heterocycles. The van der Waals surface area contributed by atoms with Gasteiger partial charge in [0.25, 0.3) is 0 Å². The van der Waals surface area contributed by atoms with Gasteiger partial charge in [-0.15, -0.1) is 0 Å². The predicted octanol–water partition coefficient (Wildman–Crippen LogP) is 2.14. The number of carboxylic acid groups (broad SMARTS) is 1. The number of benzene rings is 1. The number of hydrogen-bond donors (Lipinski definition) is 2. The van der Waals surface area contributed by atoms with E-state index in [2.05, 4.69) is 5.32 Å². The number of rotatable bonds is 5. The van der Waals surface area contributed by atoms with Crippen molar-refractivity contribution in [3.05, 3.63) is 18.2 Å². The van der Waals surface area contributed by atoms with Crippen LogP contribution in [-0.2, 0) is 9.59 Å². The van der Waals surface area contributed by atoms with Gasteiger partial charge < -0.3 is 19.9 Å². The van der Waals surface area contributed by atoms with Crippen molar-refractivity contribution in [2.45, 2.75) is 19.3 Å². The van der Waals surface area contributed by atoms with E-state index in [1.54, 1.807) is 18.2 Å². The summed E-state index contributed by atoms with van der Waals surface area (Å²) in [6.45, 7) is 0. The number of ether oxygens (including phenoxy) is 2. The number of aliphatic carboxylic acids is 1. The fourth-order valence-corrected chi connectivity index (χ4v) is 2.72. The molecule has 0 saturated heterocycles. The molecule has 0 spiro atoms. The predicted molar refractivity (Wildman–Crippen MR) is 76.6 cm³/mol. The van der Waals surface area contributed by atoms with E-state index < -0.39 is 17.8 Å². The molecule has 6 nitrogen and oxygen atoms in total. The van der Waals surface area contributed by atoms with Crippen LogP contribution in [0.25, 0.3) is 0 Å². The molecule has 21 heavy (non-hydrogen) atoms. The molecule has 2 N–H and O–H groups in total. The maximum Gasteiger partial charge on any atom is 0.307 e. The molecule has 1 amide bonds. The molecule has 0 heterocycles. The number of carbonyl (C=O) groups is 2. The van der Waals surface area contributed by atoms with Crippen LogP contribution < -0.4 is 14.8 Å². The first-order valence-corrected chi connectivity index (χ1v) is 6.82. The molecule has 0 bridgehead atoms. The molecular weight excluding hydrogens is 274 g/mol. The summed E-state index contributed by atoms with van der Waals surface area (Å²) >= 11 is 0. The third-order valence-corrected chi connectivity index (χ3v) is 3.82. The molecule has 1 aliphatic carbocycles. The monoisotopic (exact) mass is 293 g/mol. The lowest BCUT2D eigenvalue weighted by molar-refractivity contribution is -0.145. The second-order valence-corrected chi connectivity index (χ2v) is 5.04. The Labute approximate surface area is 123 Å². The van der Waals surface area contributed by atoms with Gasteiger partial charge in [0.1, 0.15) is 0 Å². The van der Waals surface area contributed by atoms with E-state index in [1.807, 2.05) is 0 Å². The molecule has 1 saturated carbocycles. The first kappa shape index (κ1) is 15.2. The number of anilines is 1. The van der Waals surface area contributed by atoms with Crippen LogP contribution in [0.2, 0.25) is 0 Å². The van der Waals surface area contributed by atoms with Crippen molar-refractivity contribution in [1.82, 2.24) is 0 Å². The first-order valence-electron chi connectivity index (χ1n) is 6.82. The van der Waals surface area contributed by atoms with Crippen LogP contribution in [-0.4, -0.2) is 31.2 Å². The summed E-state index contributed by atoms with van der Waals surface area (Å²) in [4.78, 5) is 23.4. The molecule has 114 valence electrons. The van der Waals surface area contributed by atoms with Crippen LogP contribution in [0.5, 0.6) is 11.5 Å². The number of carbonyl (C=O) groups excluding carboxylic acids is 1. The zero-order valence-corrected chi connectivity index (χ0v) is 12.1. The molecule has 2 unspecified atom stereocenters. The Morgan fingerprint density at radius 2 is 1.81 bits per heavy atom. The highest BCUT2D eigenvalue weighted by molar-refractivity contribution is 5.95. The summed E-state index contributed by atoms with van der Waals surface area (Å²) in [5.74, 6) is -1.15. The number of hydrogen-bond acceptors (Lipinski definition) is 4. The van der Waals surface area contributed by atoms with Crippen LogP contribution in [0, 0.1) is 11.8 Å². The van der Waals surface area contributed by atoms with E-state index in [4.69, 9.17) is 14.6 Å². The van der Waals surface area contributed by atoms with Gasteiger partial charge in [0, 0.05) is 11.8 Å². The molecule has 1 aromatic rings. The standard InChI is InChI=1S/C15H19NO5/c1-20-12-7-6-9(8-13(12)21-2)16-14(17)10-4-3-5-11(10)15(18)19/h6-8,10-11H,3-5H2,1-2H3,(H,16,17)(H,18,19). The average molecular weight is 293 g/mol. The Morgan fingerprint density at radius 3 is 2.43 bits per heavy atom. The highest BCUT2D eigenvalue weighted by Crippen LogP contribution is 2.34. The van der Waals surface area contributed by atoms with Gasteiger partial charge in [0.05, 0.1) is 26.1 Å². The van der Waals surface area contributed by atoms with Crippen LogP contribution in [0.4, 0.5) is 5.69 Å². The Kier molecular flexibility index (Phi) is 4.67. The van der Waals surface area contributed by atoms with Gasteiger partial charge >= 0.3 is 5.97 Å². The largest absolute Gasteiger partial charge is 0.493 e. The summed E-state index contributed by atoms with van der Waals surface area (Å²) < 4.78 is 10.3. The third kappa shape index (κ3) is 3.26. The topological polar surface area (TPSA) is 84.9 Å². The van der Waals surface area contributed by atoms with Crippen molar-refractivity contribution in [3.8, 4) is 11.5 Å². The first-order chi connectivity index (χ1) is 10.1. The maximum atomic E-state index is 12.2. The molecule has 2 atom stereocenters. The summed E-state index contributed by atoms with van der Waals surface area (Å²) in [6, 6.07) is 5.04. The number of amides is 1. The SMILES string of the molecule is COc1ccc(NC(=O)C2CCCC2C(=O)O)cc1OC. The lowest BCUT2D eigenvalue weighted by Gasteiger charge is -2.16. The lowest BCUT2D eigenvalue weighted by atomic mass is 9.95. The van der Waals surface area contributed by atoms with Crippen LogP contribution in [0.1, 0.15) is 19.3 Å². The highest BCUT2D eigenvalue weighted by atomic mass is 16.5. The zero-order valence-electron chi connectivity index (χ0n) is 12.1. The van der Waals surface area contributed by atoms with Gasteiger partial charge in [-0.3, -0.25) is 9.59 Å². The van der Waals surface area contributed by atoms with Crippen LogP contribution in [0.15, 0.2) is 18.2 Å². The van der Waals surface area contributed by atoms with Gasteiger partial charge in [0.2, 0.25) is 5.91 Å². The Hall–Kier alpha value is -2.24. The molecule has 1 fully saturated rings. The second-order valence-electron chi connectivity index (χ2n) is 5.04. The number of nitrogens with one attached hydrogen (secondary N) is 1. The van der Waals surface area contributed by atoms with Crippen molar-refractivity contribution in [1.29, 1.82) is 0 Å². The second kappa shape index (κ2) is 6.47. The Balaban J connectivity index is 2.11. The Morgan fingerprint density at radius 1 is 1.14 bits per heavy atom. The van der Waals surface area contributed by atoms with Gasteiger partial charge in [-0.1, -0.05) is 6.42 Å². The molecular formula is C15H19NO5. The minimum absolute atomic E-state index is 0.257. The molecule has 2 rings (SSSR count). The molecule has 0 radical (unpaired) electrons. The van der Waals surface area contributed by atoms with Crippen molar-refractivity contribution in [2.75, 3.05) is 19.5 Å². The van der Waals surface area contributed by atoms with E-state index in [0.29, 0.717) is 30.0 Å². The van der Waals surface area contributed by atoms with Gasteiger partial charge in [-0.25, -0.2) is 0 Å². The van der Waals surface area contributed by atoms with E-state index in [9.17, 15) is 9.59 Å². The molecule has 1 aromatic carbocycles. The average Bonchev–Trinajstić information content (AvgIpc) is 2.96. The van der Waals surface area contributed by atoms with Crippen molar-refractivity contribution in [3.63, 3.8) is 0 Å². The maximum absolute atomic E-state index is 12.2. The third-order valence-electron chi connectivity index (χ3n) is 3.82. The molecule has 0 aliphatic heterocycles. The number of methoxy groups -OCH3 is 2. The molecule has 6 heteroatoms. The van der Waals surface area contributed by atoms with Gasteiger partial charge in [0.15, 0.2) is 11.5 Å². The zero-order chi connectivity index (χ0) is 15.4. The fourth-order valence-electron chi connectivity index (χ4n) is 2.72. The molecule has 1 aliphatic rings. The van der Waals surface area contributed by atoms with Crippen molar-refractivity contribution >= 4 is 17.6 Å². The van der Waals surface area contributed by atoms with Crippen LogP contribution in [0.3, 0.4) is 0 Å². The smallest absolute Gasteiger partial charge is 0.307 e. The normalized spacial score (nSPS) is 20.9. The Bertz CT molecular complexity index is 543. The highest BCUT2D eigenvalue weighted by Gasteiger charge is 2.37. The van der Waals surface area contributed by atoms with Gasteiger partial charge in [-0.2, -0.15) is 0 Å². The minimum atomic E-state index is -0.903. The van der Waals surface area contributed by atoms with E-state index in [0.717, 1.165) is 6.42 Å². The van der Waals surface area contributed by atoms with Gasteiger partial charge in [-0.05, 0) is 25.0 Å². The summed E-state index contributed by atoms with van der Waals surface area (Å²) in [5.41, 5.74) is 0.564. The van der Waals surface area contributed by atoms with Crippen molar-refractivity contribution in [2.24, 2.45) is 11.8 Å². The van der Waals surface area contributed by atoms with E-state index in [-0.39, 0.29) is 5.91 Å². The van der Waals surface area contributed by atoms with E-state index in [1.165, 1.54) is 14.2 Å². The minimum Gasteiger partial charge on any atom is -0.493 e.